The van der Waals surface area contributed by atoms with Crippen LogP contribution < -0.4 is 0 Å². The summed E-state index contributed by atoms with van der Waals surface area (Å²) in [5.41, 5.74) is 1.67. The molecule has 11 heteroatoms. The summed E-state index contributed by atoms with van der Waals surface area (Å²) in [5.74, 6) is -2.88. The summed E-state index contributed by atoms with van der Waals surface area (Å²) in [4.78, 5) is 25.4. The van der Waals surface area contributed by atoms with Gasteiger partial charge >= 0.3 is 11.9 Å². The Morgan fingerprint density at radius 2 is 0.919 bits per heavy atom. The van der Waals surface area contributed by atoms with Crippen LogP contribution in [0.1, 0.15) is 51.7 Å². The van der Waals surface area contributed by atoms with Crippen LogP contribution in [0.4, 0.5) is 0 Å². The largest absolute Gasteiger partial charge is 0.389 e. The molecule has 0 aliphatic heterocycles. The molecule has 2 unspecified atom stereocenters. The maximum atomic E-state index is 12.9. The highest BCUT2D eigenvalue weighted by molar-refractivity contribution is 7.87. The van der Waals surface area contributed by atoms with Crippen LogP contribution in [-0.4, -0.2) is 41.0 Å². The van der Waals surface area contributed by atoms with Gasteiger partial charge in [-0.2, -0.15) is 16.8 Å². The van der Waals surface area contributed by atoms with Crippen molar-refractivity contribution in [3.05, 3.63) is 59.7 Å². The minimum absolute atomic E-state index is 0.0609. The first-order valence-corrected chi connectivity index (χ1v) is 14.7. The predicted octanol–water partition coefficient (Wildman–Crippen LogP) is 4.31. The van der Waals surface area contributed by atoms with E-state index in [0.29, 0.717) is 0 Å². The van der Waals surface area contributed by atoms with Gasteiger partial charge in [-0.1, -0.05) is 63.1 Å². The van der Waals surface area contributed by atoms with E-state index in [9.17, 15) is 26.4 Å². The lowest BCUT2D eigenvalue weighted by Gasteiger charge is -2.21. The van der Waals surface area contributed by atoms with Gasteiger partial charge in [0.15, 0.2) is 12.2 Å². The summed E-state index contributed by atoms with van der Waals surface area (Å²) in [6, 6.07) is 11.7. The molecule has 0 aliphatic carbocycles. The average molecular weight is 555 g/mol. The molecule has 0 amide bonds. The van der Waals surface area contributed by atoms with Crippen LogP contribution in [0.3, 0.4) is 0 Å². The molecule has 0 heterocycles. The highest BCUT2D eigenvalue weighted by Gasteiger charge is 2.35. The molecule has 2 aromatic rings. The normalized spacial score (nSPS) is 13.9. The standard InChI is InChI=1S/C26H34O9S2/c1-17(2)15-23(34-36(29,30)21-11-7-19(5)8-12-21)25(27)33-26(28)24(16-18(3)4)35-37(31,32)22-13-9-20(6)10-14-22/h7-14,17-18,23-24H,15-16H2,1-6H3. The molecule has 2 aromatic carbocycles. The van der Waals surface area contributed by atoms with Gasteiger partial charge in [0.2, 0.25) is 0 Å². The molecule has 0 saturated carbocycles. The van der Waals surface area contributed by atoms with E-state index in [1.165, 1.54) is 24.3 Å². The summed E-state index contributed by atoms with van der Waals surface area (Å²) in [7, 11) is -8.70. The molecule has 0 fully saturated rings. The molecule has 37 heavy (non-hydrogen) atoms. The van der Waals surface area contributed by atoms with E-state index in [1.54, 1.807) is 65.8 Å². The van der Waals surface area contributed by atoms with Crippen LogP contribution in [0.2, 0.25) is 0 Å². The Labute approximate surface area is 219 Å². The first-order valence-electron chi connectivity index (χ1n) is 11.9. The van der Waals surface area contributed by atoms with Crippen LogP contribution in [0.5, 0.6) is 0 Å². The zero-order valence-electron chi connectivity index (χ0n) is 21.8. The molecule has 0 aliphatic rings. The maximum Gasteiger partial charge on any atom is 0.344 e. The molecule has 0 spiro atoms. The number of ether oxygens (including phenoxy) is 1. The molecule has 2 rings (SSSR count). The molecule has 0 radical (unpaired) electrons. The van der Waals surface area contributed by atoms with Gasteiger partial charge in [0.05, 0.1) is 9.79 Å². The van der Waals surface area contributed by atoms with Crippen LogP contribution in [0.15, 0.2) is 58.3 Å². The van der Waals surface area contributed by atoms with Crippen molar-refractivity contribution >= 4 is 32.2 Å². The number of carbonyl (C=O) groups excluding carboxylic acids is 2. The second-order valence-corrected chi connectivity index (χ2v) is 12.8. The van der Waals surface area contributed by atoms with E-state index in [-0.39, 0.29) is 34.5 Å². The van der Waals surface area contributed by atoms with Gasteiger partial charge in [0, 0.05) is 0 Å². The quantitative estimate of drug-likeness (QED) is 0.214. The van der Waals surface area contributed by atoms with Gasteiger partial charge in [-0.15, -0.1) is 0 Å². The van der Waals surface area contributed by atoms with Crippen molar-refractivity contribution in [3.63, 3.8) is 0 Å². The van der Waals surface area contributed by atoms with Crippen LogP contribution in [0, 0.1) is 25.7 Å². The fraction of sp³-hybridized carbons (Fsp3) is 0.462. The van der Waals surface area contributed by atoms with Crippen LogP contribution >= 0.6 is 0 Å². The first kappa shape index (κ1) is 30.6. The van der Waals surface area contributed by atoms with Crippen molar-refractivity contribution in [1.29, 1.82) is 0 Å². The Bertz CT molecular complexity index is 1180. The highest BCUT2D eigenvalue weighted by atomic mass is 32.2. The van der Waals surface area contributed by atoms with Crippen LogP contribution in [0.25, 0.3) is 0 Å². The molecule has 9 nitrogen and oxygen atoms in total. The third-order valence-electron chi connectivity index (χ3n) is 5.20. The van der Waals surface area contributed by atoms with Crippen molar-refractivity contribution in [2.45, 2.75) is 76.4 Å². The zero-order valence-corrected chi connectivity index (χ0v) is 23.5. The Hall–Kier alpha value is -2.60. The number of benzene rings is 2. The Kier molecular flexibility index (Phi) is 10.6. The number of carbonyl (C=O) groups is 2. The van der Waals surface area contributed by atoms with E-state index >= 15 is 0 Å². The molecule has 204 valence electrons. The van der Waals surface area contributed by atoms with Gasteiger partial charge in [0.1, 0.15) is 0 Å². The number of hydrogen-bond acceptors (Lipinski definition) is 9. The second-order valence-electron chi connectivity index (χ2n) is 9.70. The number of rotatable bonds is 12. The smallest absolute Gasteiger partial charge is 0.344 e. The molecule has 0 saturated heterocycles. The number of hydrogen-bond donors (Lipinski definition) is 0. The summed E-state index contributed by atoms with van der Waals surface area (Å²) in [5, 5.41) is 0. The summed E-state index contributed by atoms with van der Waals surface area (Å²) >= 11 is 0. The molecule has 0 N–H and O–H groups in total. The van der Waals surface area contributed by atoms with Gasteiger partial charge < -0.3 is 4.74 Å². The first-order chi connectivity index (χ1) is 17.1. The number of aryl methyl sites for hydroxylation is 2. The summed E-state index contributed by atoms with van der Waals surface area (Å²) in [6.07, 6.45) is -3.37. The molecular weight excluding hydrogens is 520 g/mol. The van der Waals surface area contributed by atoms with E-state index in [2.05, 4.69) is 0 Å². The SMILES string of the molecule is Cc1ccc(S(=O)(=O)OC(CC(C)C)C(=O)OC(=O)C(CC(C)C)OS(=O)(=O)c2ccc(C)cc2)cc1. The third kappa shape index (κ3) is 9.33. The monoisotopic (exact) mass is 554 g/mol. The Morgan fingerprint density at radius 1 is 0.622 bits per heavy atom. The number of esters is 2. The third-order valence-corrected chi connectivity index (χ3v) is 7.87. The minimum Gasteiger partial charge on any atom is -0.389 e. The molecule has 2 atom stereocenters. The van der Waals surface area contributed by atoms with E-state index in [1.807, 2.05) is 0 Å². The Morgan fingerprint density at radius 3 is 1.19 bits per heavy atom. The highest BCUT2D eigenvalue weighted by Crippen LogP contribution is 2.22. The van der Waals surface area contributed by atoms with Gasteiger partial charge in [-0.3, -0.25) is 8.37 Å². The van der Waals surface area contributed by atoms with Gasteiger partial charge in [-0.25, -0.2) is 9.59 Å². The van der Waals surface area contributed by atoms with Gasteiger partial charge in [0.25, 0.3) is 20.2 Å². The van der Waals surface area contributed by atoms with Crippen molar-refractivity contribution in [2.75, 3.05) is 0 Å². The zero-order chi connectivity index (χ0) is 28.0. The predicted molar refractivity (Wildman–Crippen MR) is 136 cm³/mol. The minimum atomic E-state index is -4.35. The van der Waals surface area contributed by atoms with E-state index in [0.717, 1.165) is 11.1 Å². The van der Waals surface area contributed by atoms with E-state index in [4.69, 9.17) is 13.1 Å². The lowest BCUT2D eigenvalue weighted by molar-refractivity contribution is -0.170. The Balaban J connectivity index is 2.24. The lowest BCUT2D eigenvalue weighted by Crippen LogP contribution is -2.37. The fourth-order valence-electron chi connectivity index (χ4n) is 3.26. The van der Waals surface area contributed by atoms with Gasteiger partial charge in [-0.05, 0) is 62.8 Å². The van der Waals surface area contributed by atoms with Crippen molar-refractivity contribution in [3.8, 4) is 0 Å². The fourth-order valence-corrected chi connectivity index (χ4v) is 5.35. The van der Waals surface area contributed by atoms with Crippen molar-refractivity contribution < 1.29 is 39.5 Å². The lowest BCUT2D eigenvalue weighted by atomic mass is 10.1. The molecule has 0 bridgehead atoms. The average Bonchev–Trinajstić information content (AvgIpc) is 2.77. The molecule has 0 aromatic heterocycles. The maximum absolute atomic E-state index is 12.9. The van der Waals surface area contributed by atoms with Crippen LogP contribution in [-0.2, 0) is 42.9 Å². The van der Waals surface area contributed by atoms with Crippen molar-refractivity contribution in [1.82, 2.24) is 0 Å². The van der Waals surface area contributed by atoms with E-state index < -0.39 is 44.4 Å². The summed E-state index contributed by atoms with van der Waals surface area (Å²) < 4.78 is 66.3. The summed E-state index contributed by atoms with van der Waals surface area (Å²) in [6.45, 7) is 10.5. The van der Waals surface area contributed by atoms with Crippen molar-refractivity contribution in [2.24, 2.45) is 11.8 Å². The second kappa shape index (κ2) is 12.8. The molecular formula is C26H34O9S2. The topological polar surface area (TPSA) is 130 Å².